The smallest absolute Gasteiger partial charge is 0.246 e. The molecular formula is C11H19N5O2S. The summed E-state index contributed by atoms with van der Waals surface area (Å²) < 4.78 is 26.3. The van der Waals surface area contributed by atoms with Gasteiger partial charge in [0.15, 0.2) is 0 Å². The number of aromatic nitrogens is 2. The minimum atomic E-state index is -3.55. The summed E-state index contributed by atoms with van der Waals surface area (Å²) in [6.45, 7) is 1.75. The summed E-state index contributed by atoms with van der Waals surface area (Å²) in [6, 6.07) is -0.0127. The average molecular weight is 285 g/mol. The number of piperidine rings is 1. The standard InChI is InChI=1S/C11H19N5O2S/c1-15-5-3-4-9(8-15)16(2)19(17,18)10-6-13-11(12)14-7-10/h6-7,9H,3-5,8H2,1-2H3,(H2,12,13,14). The summed E-state index contributed by atoms with van der Waals surface area (Å²) in [4.78, 5) is 9.70. The fourth-order valence-electron chi connectivity index (χ4n) is 2.26. The highest BCUT2D eigenvalue weighted by Crippen LogP contribution is 2.20. The summed E-state index contributed by atoms with van der Waals surface area (Å²) in [7, 11) is 0.0529. The molecular weight excluding hydrogens is 266 g/mol. The van der Waals surface area contributed by atoms with Gasteiger partial charge in [-0.1, -0.05) is 0 Å². The molecule has 1 fully saturated rings. The number of rotatable bonds is 3. The van der Waals surface area contributed by atoms with Gasteiger partial charge in [-0.15, -0.1) is 0 Å². The molecule has 8 heteroatoms. The van der Waals surface area contributed by atoms with Crippen molar-refractivity contribution < 1.29 is 8.42 Å². The normalized spacial score (nSPS) is 21.7. The first-order valence-electron chi connectivity index (χ1n) is 6.15. The maximum absolute atomic E-state index is 12.4. The number of anilines is 1. The van der Waals surface area contributed by atoms with Gasteiger partial charge in [0.05, 0.1) is 12.4 Å². The molecule has 1 aliphatic rings. The molecule has 0 amide bonds. The zero-order chi connectivity index (χ0) is 14.0. The van der Waals surface area contributed by atoms with Crippen LogP contribution in [0.5, 0.6) is 0 Å². The molecule has 0 bridgehead atoms. The van der Waals surface area contributed by atoms with E-state index in [0.717, 1.165) is 25.9 Å². The summed E-state index contributed by atoms with van der Waals surface area (Å²) in [5, 5.41) is 0. The van der Waals surface area contributed by atoms with Gasteiger partial charge >= 0.3 is 0 Å². The van der Waals surface area contributed by atoms with Crippen LogP contribution in [0.1, 0.15) is 12.8 Å². The van der Waals surface area contributed by atoms with Gasteiger partial charge in [-0.05, 0) is 26.4 Å². The Morgan fingerprint density at radius 3 is 2.63 bits per heavy atom. The number of likely N-dealkylation sites (tertiary alicyclic amines) is 1. The second-order valence-corrected chi connectivity index (χ2v) is 6.85. The molecule has 2 N–H and O–H groups in total. The molecule has 0 radical (unpaired) electrons. The van der Waals surface area contributed by atoms with E-state index in [2.05, 4.69) is 14.9 Å². The van der Waals surface area contributed by atoms with E-state index in [1.807, 2.05) is 7.05 Å². The SMILES string of the molecule is CN1CCCC(N(C)S(=O)(=O)c2cnc(N)nc2)C1. The molecule has 1 unspecified atom stereocenters. The van der Waals surface area contributed by atoms with Crippen LogP contribution >= 0.6 is 0 Å². The lowest BCUT2D eigenvalue weighted by Crippen LogP contribution is -2.47. The Labute approximate surface area is 113 Å². The highest BCUT2D eigenvalue weighted by Gasteiger charge is 2.30. The molecule has 1 aromatic rings. The van der Waals surface area contributed by atoms with Crippen molar-refractivity contribution in [3.63, 3.8) is 0 Å². The molecule has 1 saturated heterocycles. The Morgan fingerprint density at radius 1 is 1.42 bits per heavy atom. The highest BCUT2D eigenvalue weighted by atomic mass is 32.2. The maximum atomic E-state index is 12.4. The van der Waals surface area contributed by atoms with Gasteiger partial charge in [-0.25, -0.2) is 18.4 Å². The lowest BCUT2D eigenvalue weighted by atomic mass is 10.1. The monoisotopic (exact) mass is 285 g/mol. The topological polar surface area (TPSA) is 92.4 Å². The minimum absolute atomic E-state index is 0.0127. The Balaban J connectivity index is 2.21. The van der Waals surface area contributed by atoms with Crippen molar-refractivity contribution >= 4 is 16.0 Å². The highest BCUT2D eigenvalue weighted by molar-refractivity contribution is 7.89. The van der Waals surface area contributed by atoms with Crippen LogP contribution in [0.25, 0.3) is 0 Å². The predicted octanol–water partition coefficient (Wildman–Crippen LogP) is -0.226. The van der Waals surface area contributed by atoms with E-state index in [1.165, 1.54) is 16.7 Å². The second-order valence-electron chi connectivity index (χ2n) is 4.86. The lowest BCUT2D eigenvalue weighted by Gasteiger charge is -2.34. The van der Waals surface area contributed by atoms with Crippen LogP contribution in [0, 0.1) is 0 Å². The number of hydrogen-bond donors (Lipinski definition) is 1. The molecule has 19 heavy (non-hydrogen) atoms. The first-order valence-corrected chi connectivity index (χ1v) is 7.59. The van der Waals surface area contributed by atoms with Crippen molar-refractivity contribution in [1.29, 1.82) is 0 Å². The van der Waals surface area contributed by atoms with Crippen LogP contribution < -0.4 is 5.73 Å². The lowest BCUT2D eigenvalue weighted by molar-refractivity contribution is 0.187. The van der Waals surface area contributed by atoms with E-state index in [9.17, 15) is 8.42 Å². The van der Waals surface area contributed by atoms with Crippen LogP contribution in [0.4, 0.5) is 5.95 Å². The van der Waals surface area contributed by atoms with Gasteiger partial charge in [0, 0.05) is 19.6 Å². The Bertz CT molecular complexity index is 531. The summed E-state index contributed by atoms with van der Waals surface area (Å²) >= 11 is 0. The summed E-state index contributed by atoms with van der Waals surface area (Å²) in [5.41, 5.74) is 5.37. The number of sulfonamides is 1. The predicted molar refractivity (Wildman–Crippen MR) is 71.9 cm³/mol. The molecule has 1 aliphatic heterocycles. The van der Waals surface area contributed by atoms with Gasteiger partial charge in [0.25, 0.3) is 0 Å². The third-order valence-corrected chi connectivity index (χ3v) is 5.30. The van der Waals surface area contributed by atoms with Crippen molar-refractivity contribution in [2.45, 2.75) is 23.8 Å². The number of nitrogens with two attached hydrogens (primary N) is 1. The molecule has 0 aliphatic carbocycles. The molecule has 0 aromatic carbocycles. The van der Waals surface area contributed by atoms with E-state index in [-0.39, 0.29) is 16.9 Å². The van der Waals surface area contributed by atoms with Crippen molar-refractivity contribution in [3.05, 3.63) is 12.4 Å². The molecule has 106 valence electrons. The largest absolute Gasteiger partial charge is 0.368 e. The first kappa shape index (κ1) is 14.2. The van der Waals surface area contributed by atoms with Crippen LogP contribution in [-0.2, 0) is 10.0 Å². The van der Waals surface area contributed by atoms with E-state index >= 15 is 0 Å². The minimum Gasteiger partial charge on any atom is -0.368 e. The van der Waals surface area contributed by atoms with Gasteiger partial charge in [0.2, 0.25) is 16.0 Å². The number of hydrogen-bond acceptors (Lipinski definition) is 6. The van der Waals surface area contributed by atoms with Crippen molar-refractivity contribution in [2.24, 2.45) is 0 Å². The molecule has 1 aromatic heterocycles. The number of likely N-dealkylation sites (N-methyl/N-ethyl adjacent to an activating group) is 2. The maximum Gasteiger partial charge on any atom is 0.246 e. The molecule has 0 spiro atoms. The first-order chi connectivity index (χ1) is 8.91. The summed E-state index contributed by atoms with van der Waals surface area (Å²) in [6.07, 6.45) is 4.37. The van der Waals surface area contributed by atoms with Crippen molar-refractivity contribution in [3.8, 4) is 0 Å². The average Bonchev–Trinajstić information content (AvgIpc) is 2.38. The Kier molecular flexibility index (Phi) is 4.02. The number of nitrogens with zero attached hydrogens (tertiary/aromatic N) is 4. The second kappa shape index (κ2) is 5.40. The van der Waals surface area contributed by atoms with Gasteiger partial charge in [0.1, 0.15) is 4.90 Å². The quantitative estimate of drug-likeness (QED) is 0.825. The van der Waals surface area contributed by atoms with Gasteiger partial charge in [-0.3, -0.25) is 0 Å². The van der Waals surface area contributed by atoms with E-state index < -0.39 is 10.0 Å². The molecule has 0 saturated carbocycles. The van der Waals surface area contributed by atoms with E-state index in [4.69, 9.17) is 5.73 Å². The molecule has 2 rings (SSSR count). The van der Waals surface area contributed by atoms with Crippen molar-refractivity contribution in [2.75, 3.05) is 32.9 Å². The van der Waals surface area contributed by atoms with E-state index in [0.29, 0.717) is 0 Å². The Hall–Kier alpha value is -1.25. The van der Waals surface area contributed by atoms with Gasteiger partial charge < -0.3 is 10.6 Å². The van der Waals surface area contributed by atoms with Gasteiger partial charge in [-0.2, -0.15) is 4.31 Å². The zero-order valence-electron chi connectivity index (χ0n) is 11.2. The fraction of sp³-hybridized carbons (Fsp3) is 0.636. The van der Waals surface area contributed by atoms with E-state index in [1.54, 1.807) is 7.05 Å². The van der Waals surface area contributed by atoms with Crippen LogP contribution in [-0.4, -0.2) is 60.8 Å². The van der Waals surface area contributed by atoms with Crippen LogP contribution in [0.15, 0.2) is 17.3 Å². The van der Waals surface area contributed by atoms with Crippen LogP contribution in [0.3, 0.4) is 0 Å². The molecule has 1 atom stereocenters. The third-order valence-electron chi connectivity index (χ3n) is 3.44. The third kappa shape index (κ3) is 3.02. The van der Waals surface area contributed by atoms with Crippen LogP contribution in [0.2, 0.25) is 0 Å². The summed E-state index contributed by atoms with van der Waals surface area (Å²) in [5.74, 6) is 0.0685. The molecule has 7 nitrogen and oxygen atoms in total. The zero-order valence-corrected chi connectivity index (χ0v) is 12.0. The number of nitrogen functional groups attached to an aromatic ring is 1. The fourth-order valence-corrected chi connectivity index (χ4v) is 3.53. The Morgan fingerprint density at radius 2 is 2.05 bits per heavy atom. The van der Waals surface area contributed by atoms with Crippen molar-refractivity contribution in [1.82, 2.24) is 19.2 Å². The molecule has 2 heterocycles.